The summed E-state index contributed by atoms with van der Waals surface area (Å²) in [6, 6.07) is 3.67. The van der Waals surface area contributed by atoms with E-state index < -0.39 is 5.97 Å². The fourth-order valence-corrected chi connectivity index (χ4v) is 2.27. The lowest BCUT2D eigenvalue weighted by Crippen LogP contribution is -2.40. The minimum Gasteiger partial charge on any atom is -0.481 e. The Morgan fingerprint density at radius 1 is 1.24 bits per heavy atom. The number of aliphatic carboxylic acids is 1. The molecular formula is C16H24N2O3. The van der Waals surface area contributed by atoms with E-state index in [4.69, 9.17) is 5.11 Å². The Labute approximate surface area is 126 Å². The number of amides is 1. The van der Waals surface area contributed by atoms with Crippen molar-refractivity contribution in [1.82, 2.24) is 4.90 Å². The first-order valence-electron chi connectivity index (χ1n) is 7.03. The number of rotatable bonds is 6. The number of carbonyl (C=O) groups excluding carboxylic acids is 1. The smallest absolute Gasteiger partial charge is 0.304 e. The molecule has 1 aromatic rings. The molecule has 0 bridgehead atoms. The molecule has 2 N–H and O–H groups in total. The second kappa shape index (κ2) is 7.22. The third kappa shape index (κ3) is 4.86. The van der Waals surface area contributed by atoms with Crippen molar-refractivity contribution in [2.24, 2.45) is 0 Å². The molecule has 1 aromatic carbocycles. The van der Waals surface area contributed by atoms with E-state index in [9.17, 15) is 9.59 Å². The van der Waals surface area contributed by atoms with Crippen LogP contribution in [0.25, 0.3) is 0 Å². The van der Waals surface area contributed by atoms with Crippen molar-refractivity contribution in [3.05, 3.63) is 28.8 Å². The average Bonchev–Trinajstić information content (AvgIpc) is 2.38. The van der Waals surface area contributed by atoms with E-state index >= 15 is 0 Å². The number of carboxylic acids is 1. The molecule has 0 aliphatic carbocycles. The number of hydrogen-bond donors (Lipinski definition) is 2. The zero-order chi connectivity index (χ0) is 16.2. The molecule has 1 amide bonds. The molecule has 5 heteroatoms. The monoisotopic (exact) mass is 292 g/mol. The summed E-state index contributed by atoms with van der Waals surface area (Å²) < 4.78 is 0. The molecule has 0 saturated heterocycles. The van der Waals surface area contributed by atoms with E-state index in [2.05, 4.69) is 5.32 Å². The number of anilines is 1. The Balaban J connectivity index is 2.74. The van der Waals surface area contributed by atoms with Gasteiger partial charge in [-0.2, -0.15) is 0 Å². The third-order valence-electron chi connectivity index (χ3n) is 3.64. The molecule has 0 aromatic heterocycles. The third-order valence-corrected chi connectivity index (χ3v) is 3.64. The van der Waals surface area contributed by atoms with Gasteiger partial charge in [0, 0.05) is 12.2 Å². The first-order valence-corrected chi connectivity index (χ1v) is 7.03. The Hall–Kier alpha value is -1.88. The van der Waals surface area contributed by atoms with Gasteiger partial charge in [-0.05, 0) is 45.9 Å². The summed E-state index contributed by atoms with van der Waals surface area (Å²) in [5.41, 5.74) is 4.06. The van der Waals surface area contributed by atoms with Crippen molar-refractivity contribution >= 4 is 17.6 Å². The summed E-state index contributed by atoms with van der Waals surface area (Å²) in [6.07, 6.45) is 0.0245. The van der Waals surface area contributed by atoms with Gasteiger partial charge >= 0.3 is 5.97 Å². The summed E-state index contributed by atoms with van der Waals surface area (Å²) in [6.45, 7) is 8.07. The Kier molecular flexibility index (Phi) is 5.90. The van der Waals surface area contributed by atoms with E-state index in [0.717, 1.165) is 22.4 Å². The molecule has 21 heavy (non-hydrogen) atoms. The van der Waals surface area contributed by atoms with E-state index in [1.807, 2.05) is 32.9 Å². The van der Waals surface area contributed by atoms with Crippen LogP contribution in [0.3, 0.4) is 0 Å². The predicted octanol–water partition coefficient (Wildman–Crippen LogP) is 2.35. The summed E-state index contributed by atoms with van der Waals surface area (Å²) in [5.74, 6) is -0.988. The van der Waals surface area contributed by atoms with Crippen LogP contribution in [0.15, 0.2) is 12.1 Å². The SMILES string of the molecule is Cc1cc(C)c(NC(=O)C(C)N(C)CCC(=O)O)c(C)c1. The van der Waals surface area contributed by atoms with Gasteiger partial charge in [-0.3, -0.25) is 14.5 Å². The van der Waals surface area contributed by atoms with Gasteiger partial charge in [-0.15, -0.1) is 0 Å². The lowest BCUT2D eigenvalue weighted by Gasteiger charge is -2.24. The zero-order valence-corrected chi connectivity index (χ0v) is 13.4. The fraction of sp³-hybridized carbons (Fsp3) is 0.500. The molecule has 0 radical (unpaired) electrons. The minimum absolute atomic E-state index is 0.0245. The molecule has 1 atom stereocenters. The zero-order valence-electron chi connectivity index (χ0n) is 13.4. The number of carbonyl (C=O) groups is 2. The van der Waals surface area contributed by atoms with Gasteiger partial charge in [-0.25, -0.2) is 0 Å². The van der Waals surface area contributed by atoms with E-state index in [0.29, 0.717) is 6.54 Å². The molecule has 1 unspecified atom stereocenters. The van der Waals surface area contributed by atoms with Crippen molar-refractivity contribution in [2.45, 2.75) is 40.2 Å². The first-order chi connectivity index (χ1) is 9.72. The molecule has 5 nitrogen and oxygen atoms in total. The molecule has 0 spiro atoms. The van der Waals surface area contributed by atoms with Gasteiger partial charge in [0.2, 0.25) is 5.91 Å². The minimum atomic E-state index is -0.861. The van der Waals surface area contributed by atoms with Gasteiger partial charge in [0.1, 0.15) is 0 Å². The van der Waals surface area contributed by atoms with Crippen molar-refractivity contribution in [2.75, 3.05) is 18.9 Å². The number of carboxylic acid groups (broad SMARTS) is 1. The predicted molar refractivity (Wildman–Crippen MR) is 83.6 cm³/mol. The standard InChI is InChI=1S/C16H24N2O3/c1-10-8-11(2)15(12(3)9-10)17-16(21)13(4)18(5)7-6-14(19)20/h8-9,13H,6-7H2,1-5H3,(H,17,21)(H,19,20). The molecule has 116 valence electrons. The Bertz CT molecular complexity index is 517. The fourth-order valence-electron chi connectivity index (χ4n) is 2.27. The van der Waals surface area contributed by atoms with E-state index in [1.54, 1.807) is 18.9 Å². The Morgan fingerprint density at radius 3 is 2.24 bits per heavy atom. The molecule has 1 rings (SSSR count). The van der Waals surface area contributed by atoms with Crippen LogP contribution < -0.4 is 5.32 Å². The highest BCUT2D eigenvalue weighted by molar-refractivity contribution is 5.96. The van der Waals surface area contributed by atoms with Gasteiger partial charge in [0.25, 0.3) is 0 Å². The molecule has 0 fully saturated rings. The summed E-state index contributed by atoms with van der Waals surface area (Å²) >= 11 is 0. The summed E-state index contributed by atoms with van der Waals surface area (Å²) in [7, 11) is 1.75. The second-order valence-electron chi connectivity index (χ2n) is 5.56. The molecular weight excluding hydrogens is 268 g/mol. The number of benzene rings is 1. The van der Waals surface area contributed by atoms with Gasteiger partial charge in [-0.1, -0.05) is 17.7 Å². The largest absolute Gasteiger partial charge is 0.481 e. The molecule has 0 saturated carbocycles. The lowest BCUT2D eigenvalue weighted by atomic mass is 10.0. The number of hydrogen-bond acceptors (Lipinski definition) is 3. The normalized spacial score (nSPS) is 12.3. The highest BCUT2D eigenvalue weighted by Crippen LogP contribution is 2.22. The van der Waals surface area contributed by atoms with Crippen molar-refractivity contribution in [1.29, 1.82) is 0 Å². The van der Waals surface area contributed by atoms with Crippen LogP contribution in [0.4, 0.5) is 5.69 Å². The number of likely N-dealkylation sites (N-methyl/N-ethyl adjacent to an activating group) is 1. The Morgan fingerprint density at radius 2 is 1.76 bits per heavy atom. The quantitative estimate of drug-likeness (QED) is 0.844. The van der Waals surface area contributed by atoms with Crippen molar-refractivity contribution < 1.29 is 14.7 Å². The molecule has 0 aliphatic heterocycles. The maximum Gasteiger partial charge on any atom is 0.304 e. The van der Waals surface area contributed by atoms with Crippen molar-refractivity contribution in [3.63, 3.8) is 0 Å². The lowest BCUT2D eigenvalue weighted by molar-refractivity contribution is -0.137. The molecule has 0 aliphatic rings. The number of aryl methyl sites for hydroxylation is 3. The van der Waals surface area contributed by atoms with Crippen LogP contribution in [0.1, 0.15) is 30.0 Å². The van der Waals surface area contributed by atoms with Crippen molar-refractivity contribution in [3.8, 4) is 0 Å². The second-order valence-corrected chi connectivity index (χ2v) is 5.56. The maximum atomic E-state index is 12.3. The topological polar surface area (TPSA) is 69.6 Å². The van der Waals surface area contributed by atoms with Crippen LogP contribution in [0, 0.1) is 20.8 Å². The summed E-state index contributed by atoms with van der Waals surface area (Å²) in [5, 5.41) is 11.6. The average molecular weight is 292 g/mol. The van der Waals surface area contributed by atoms with E-state index in [-0.39, 0.29) is 18.4 Å². The van der Waals surface area contributed by atoms with Crippen LogP contribution >= 0.6 is 0 Å². The van der Waals surface area contributed by atoms with Crippen LogP contribution in [-0.2, 0) is 9.59 Å². The maximum absolute atomic E-state index is 12.3. The number of nitrogens with zero attached hydrogens (tertiary/aromatic N) is 1. The van der Waals surface area contributed by atoms with Gasteiger partial charge < -0.3 is 10.4 Å². The highest BCUT2D eigenvalue weighted by Gasteiger charge is 2.19. The van der Waals surface area contributed by atoms with Gasteiger partial charge in [0.15, 0.2) is 0 Å². The van der Waals surface area contributed by atoms with E-state index in [1.165, 1.54) is 0 Å². The first kappa shape index (κ1) is 17.2. The van der Waals surface area contributed by atoms with Crippen LogP contribution in [0.2, 0.25) is 0 Å². The van der Waals surface area contributed by atoms with Crippen LogP contribution in [0.5, 0.6) is 0 Å². The summed E-state index contributed by atoms with van der Waals surface area (Å²) in [4.78, 5) is 24.6. The number of nitrogens with one attached hydrogen (secondary N) is 1. The highest BCUT2D eigenvalue weighted by atomic mass is 16.4. The van der Waals surface area contributed by atoms with Crippen LogP contribution in [-0.4, -0.2) is 41.5 Å². The molecule has 0 heterocycles. The van der Waals surface area contributed by atoms with Gasteiger partial charge in [0.05, 0.1) is 12.5 Å².